The van der Waals surface area contributed by atoms with Crippen LogP contribution in [0.25, 0.3) is 0 Å². The van der Waals surface area contributed by atoms with E-state index in [4.69, 9.17) is 23.5 Å². The Balaban J connectivity index is 1.39. The van der Waals surface area contributed by atoms with E-state index in [9.17, 15) is 36.4 Å². The molecule has 3 saturated heterocycles. The van der Waals surface area contributed by atoms with Crippen molar-refractivity contribution in [2.45, 2.75) is 120 Å². The molecule has 1 N–H and O–H groups in total. The molecule has 7 atom stereocenters. The van der Waals surface area contributed by atoms with E-state index in [-0.39, 0.29) is 5.92 Å². The lowest BCUT2D eigenvalue weighted by atomic mass is 9.73. The van der Waals surface area contributed by atoms with Gasteiger partial charge in [-0.05, 0) is 38.5 Å². The summed E-state index contributed by atoms with van der Waals surface area (Å²) in [6.07, 6.45) is -1.56. The third-order valence-corrected chi connectivity index (χ3v) is 9.97. The molecular formula is C26H36F2O12S. The van der Waals surface area contributed by atoms with Crippen molar-refractivity contribution >= 4 is 34.0 Å². The van der Waals surface area contributed by atoms with E-state index in [1.165, 1.54) is 0 Å². The Morgan fingerprint density at radius 1 is 1.02 bits per heavy atom. The Hall–Kier alpha value is -2.39. The largest absolute Gasteiger partial charge is 0.458 e. The van der Waals surface area contributed by atoms with Crippen LogP contribution in [-0.4, -0.2) is 78.2 Å². The van der Waals surface area contributed by atoms with Gasteiger partial charge in [0.05, 0.1) is 12.8 Å². The minimum Gasteiger partial charge on any atom is -0.458 e. The molecule has 0 aromatic rings. The molecule has 0 aromatic heterocycles. The van der Waals surface area contributed by atoms with Crippen molar-refractivity contribution in [1.29, 1.82) is 0 Å². The minimum absolute atomic E-state index is 0.187. The molecule has 1 aliphatic carbocycles. The van der Waals surface area contributed by atoms with Crippen LogP contribution in [0.5, 0.6) is 0 Å². The van der Waals surface area contributed by atoms with Crippen LogP contribution in [0.4, 0.5) is 8.78 Å². The van der Waals surface area contributed by atoms with E-state index < -0.39 is 100 Å². The smallest absolute Gasteiger partial charge is 0.405 e. The first-order chi connectivity index (χ1) is 19.2. The highest BCUT2D eigenvalue weighted by atomic mass is 32.2. The Morgan fingerprint density at radius 2 is 1.63 bits per heavy atom. The quantitative estimate of drug-likeness (QED) is 0.195. The molecule has 0 aromatic carbocycles. The predicted octanol–water partition coefficient (Wildman–Crippen LogP) is 2.71. The molecule has 3 aliphatic heterocycles. The highest BCUT2D eigenvalue weighted by molar-refractivity contribution is 7.86. The van der Waals surface area contributed by atoms with Crippen molar-refractivity contribution in [3.63, 3.8) is 0 Å². The van der Waals surface area contributed by atoms with Crippen LogP contribution in [0.15, 0.2) is 0 Å². The second-order valence-corrected chi connectivity index (χ2v) is 12.7. The number of esters is 4. The van der Waals surface area contributed by atoms with Gasteiger partial charge in [0.1, 0.15) is 29.6 Å². The Bertz CT molecular complexity index is 1150. The molecular weight excluding hydrogens is 574 g/mol. The lowest BCUT2D eigenvalue weighted by molar-refractivity contribution is -0.181. The van der Waals surface area contributed by atoms with Gasteiger partial charge in [-0.2, -0.15) is 17.2 Å². The van der Waals surface area contributed by atoms with Crippen LogP contribution in [0.3, 0.4) is 0 Å². The van der Waals surface area contributed by atoms with E-state index in [1.807, 2.05) is 13.8 Å². The number of rotatable bonds is 12. The summed E-state index contributed by atoms with van der Waals surface area (Å²) in [6.45, 7) is 4.49. The fourth-order valence-electron chi connectivity index (χ4n) is 6.64. The van der Waals surface area contributed by atoms with Crippen molar-refractivity contribution in [3.8, 4) is 0 Å². The molecule has 2 bridgehead atoms. The van der Waals surface area contributed by atoms with E-state index in [2.05, 4.69) is 4.74 Å². The second kappa shape index (κ2) is 11.7. The molecule has 232 valence electrons. The van der Waals surface area contributed by atoms with Gasteiger partial charge in [-0.1, -0.05) is 33.1 Å². The van der Waals surface area contributed by atoms with E-state index in [1.54, 1.807) is 0 Å². The number of alkyl halides is 2. The van der Waals surface area contributed by atoms with Crippen LogP contribution in [0.2, 0.25) is 0 Å². The standard InChI is InChI=1S/C26H36F2O12S/c1-4-25(5-2,14-9-7-6-8-10-14)40-24(32)18-17-19-22(39-23(17)31)21(20(18)38-19)37-16(30)12-11-15(29)36-13(3)26(27,28)41(33,34)35/h13-14,17-22H,4-12H2,1-3H3,(H,33,34,35). The number of carbonyl (C=O) groups is 4. The van der Waals surface area contributed by atoms with Crippen LogP contribution >= 0.6 is 0 Å². The molecule has 4 rings (SSSR count). The van der Waals surface area contributed by atoms with Crippen molar-refractivity contribution in [3.05, 3.63) is 0 Å². The maximum absolute atomic E-state index is 13.6. The molecule has 0 spiro atoms. The average molecular weight is 611 g/mol. The molecule has 1 saturated carbocycles. The summed E-state index contributed by atoms with van der Waals surface area (Å²) in [5.74, 6) is -5.36. The first kappa shape index (κ1) is 31.5. The zero-order valence-electron chi connectivity index (χ0n) is 23.1. The molecule has 4 aliphatic rings. The molecule has 12 nitrogen and oxygen atoms in total. The molecule has 0 amide bonds. The number of hydrogen-bond donors (Lipinski definition) is 1. The summed E-state index contributed by atoms with van der Waals surface area (Å²) >= 11 is 0. The van der Waals surface area contributed by atoms with Crippen molar-refractivity contribution in [2.75, 3.05) is 0 Å². The molecule has 4 fully saturated rings. The van der Waals surface area contributed by atoms with Gasteiger partial charge in [0.2, 0.25) is 0 Å². The summed E-state index contributed by atoms with van der Waals surface area (Å²) in [4.78, 5) is 50.8. The van der Waals surface area contributed by atoms with Crippen LogP contribution in [0, 0.1) is 17.8 Å². The Kier molecular flexibility index (Phi) is 9.01. The van der Waals surface area contributed by atoms with Crippen LogP contribution < -0.4 is 0 Å². The molecule has 7 unspecified atom stereocenters. The molecule has 3 heterocycles. The van der Waals surface area contributed by atoms with Gasteiger partial charge in [-0.3, -0.25) is 23.7 Å². The average Bonchev–Trinajstić information content (AvgIpc) is 3.54. The van der Waals surface area contributed by atoms with Gasteiger partial charge in [-0.25, -0.2) is 0 Å². The number of halogens is 2. The molecule has 0 radical (unpaired) electrons. The van der Waals surface area contributed by atoms with Crippen molar-refractivity contribution in [2.24, 2.45) is 17.8 Å². The Labute approximate surface area is 236 Å². The van der Waals surface area contributed by atoms with Crippen LogP contribution in [0.1, 0.15) is 78.6 Å². The fraction of sp³-hybridized carbons (Fsp3) is 0.846. The topological polar surface area (TPSA) is 169 Å². The van der Waals surface area contributed by atoms with Gasteiger partial charge < -0.3 is 23.7 Å². The number of fused-ring (bicyclic) bond motifs is 1. The maximum atomic E-state index is 13.6. The van der Waals surface area contributed by atoms with E-state index in [0.717, 1.165) is 32.1 Å². The minimum atomic E-state index is -5.84. The second-order valence-electron chi connectivity index (χ2n) is 11.2. The van der Waals surface area contributed by atoms with Crippen molar-refractivity contribution < 1.29 is 64.6 Å². The van der Waals surface area contributed by atoms with Gasteiger partial charge in [0, 0.05) is 0 Å². The van der Waals surface area contributed by atoms with Gasteiger partial charge in [0.15, 0.2) is 18.3 Å². The summed E-state index contributed by atoms with van der Waals surface area (Å²) in [5, 5.41) is -4.75. The zero-order valence-corrected chi connectivity index (χ0v) is 23.9. The van der Waals surface area contributed by atoms with E-state index in [0.29, 0.717) is 19.8 Å². The number of carbonyl (C=O) groups excluding carboxylic acids is 4. The summed E-state index contributed by atoms with van der Waals surface area (Å²) in [7, 11) is -5.84. The van der Waals surface area contributed by atoms with Gasteiger partial charge in [0.25, 0.3) is 0 Å². The SMILES string of the molecule is CCC(CC)(OC(=O)C1C2OC3C(OC(=O)C31)C2OC(=O)CCC(=O)OC(C)C(F)(F)S(=O)(=O)O)C1CCCCC1. The highest BCUT2D eigenvalue weighted by Gasteiger charge is 2.72. The Morgan fingerprint density at radius 3 is 2.22 bits per heavy atom. The lowest BCUT2D eigenvalue weighted by Crippen LogP contribution is -2.51. The van der Waals surface area contributed by atoms with E-state index >= 15 is 0 Å². The summed E-state index contributed by atoms with van der Waals surface area (Å²) in [6, 6.07) is 0. The summed E-state index contributed by atoms with van der Waals surface area (Å²) in [5.41, 5.74) is -0.697. The van der Waals surface area contributed by atoms with Gasteiger partial charge in [-0.15, -0.1) is 0 Å². The highest BCUT2D eigenvalue weighted by Crippen LogP contribution is 2.52. The predicted molar refractivity (Wildman–Crippen MR) is 133 cm³/mol. The number of ether oxygens (including phenoxy) is 5. The van der Waals surface area contributed by atoms with Gasteiger partial charge >= 0.3 is 39.2 Å². The van der Waals surface area contributed by atoms with Crippen molar-refractivity contribution in [1.82, 2.24) is 0 Å². The fourth-order valence-corrected chi connectivity index (χ4v) is 7.11. The third kappa shape index (κ3) is 5.81. The maximum Gasteiger partial charge on any atom is 0.405 e. The third-order valence-electron chi connectivity index (χ3n) is 8.95. The van der Waals surface area contributed by atoms with Crippen LogP contribution in [-0.2, 0) is 53.0 Å². The molecule has 41 heavy (non-hydrogen) atoms. The first-order valence-corrected chi connectivity index (χ1v) is 15.4. The first-order valence-electron chi connectivity index (χ1n) is 14.0. The molecule has 15 heteroatoms. The zero-order chi connectivity index (χ0) is 30.3. The number of hydrogen-bond acceptors (Lipinski definition) is 11. The monoisotopic (exact) mass is 610 g/mol. The summed E-state index contributed by atoms with van der Waals surface area (Å²) < 4.78 is 84.7. The lowest BCUT2D eigenvalue weighted by Gasteiger charge is -2.42. The normalized spacial score (nSPS) is 30.5.